The van der Waals surface area contributed by atoms with Crippen molar-refractivity contribution in [2.24, 2.45) is 0 Å². The third kappa shape index (κ3) is 3.33. The summed E-state index contributed by atoms with van der Waals surface area (Å²) in [7, 11) is 0. The number of hydrogen-bond donors (Lipinski definition) is 1. The topological polar surface area (TPSA) is 34.2 Å². The van der Waals surface area contributed by atoms with E-state index in [1.165, 1.54) is 41.3 Å². The zero-order chi connectivity index (χ0) is 14.9. The standard InChI is InChI=1S/C17H28N2OS/c1-4-6-14-11-17(9-10-20-14,19-13-7-8-13)16-18-15(5-2)12(3)21-16/h13-14,19H,4-11H2,1-3H3. The molecule has 4 heteroatoms. The predicted molar refractivity (Wildman–Crippen MR) is 87.9 cm³/mol. The van der Waals surface area contributed by atoms with Crippen LogP contribution < -0.4 is 5.32 Å². The summed E-state index contributed by atoms with van der Waals surface area (Å²) in [4.78, 5) is 6.39. The van der Waals surface area contributed by atoms with Gasteiger partial charge in [-0.25, -0.2) is 4.98 Å². The Bertz CT molecular complexity index is 481. The van der Waals surface area contributed by atoms with E-state index in [4.69, 9.17) is 9.72 Å². The molecule has 1 aliphatic heterocycles. The van der Waals surface area contributed by atoms with E-state index in [0.29, 0.717) is 12.1 Å². The Morgan fingerprint density at radius 1 is 1.38 bits per heavy atom. The number of nitrogens with zero attached hydrogens (tertiary/aromatic N) is 1. The minimum atomic E-state index is 0.0715. The lowest BCUT2D eigenvalue weighted by Crippen LogP contribution is -2.50. The summed E-state index contributed by atoms with van der Waals surface area (Å²) >= 11 is 1.91. The molecule has 1 saturated carbocycles. The first-order valence-corrected chi connectivity index (χ1v) is 9.34. The number of aromatic nitrogens is 1. The van der Waals surface area contributed by atoms with Gasteiger partial charge in [-0.2, -0.15) is 0 Å². The van der Waals surface area contributed by atoms with Crippen LogP contribution in [0.15, 0.2) is 0 Å². The van der Waals surface area contributed by atoms with Crippen LogP contribution >= 0.6 is 11.3 Å². The number of thiazole rings is 1. The molecule has 3 rings (SSSR count). The van der Waals surface area contributed by atoms with Crippen molar-refractivity contribution in [3.05, 3.63) is 15.6 Å². The fraction of sp³-hybridized carbons (Fsp3) is 0.824. The molecule has 1 saturated heterocycles. The van der Waals surface area contributed by atoms with Crippen LogP contribution in [-0.2, 0) is 16.7 Å². The number of rotatable bonds is 6. The lowest BCUT2D eigenvalue weighted by molar-refractivity contribution is -0.0356. The van der Waals surface area contributed by atoms with Gasteiger partial charge in [-0.15, -0.1) is 11.3 Å². The molecule has 0 amide bonds. The van der Waals surface area contributed by atoms with Gasteiger partial charge in [0.1, 0.15) is 5.01 Å². The molecule has 2 heterocycles. The first-order chi connectivity index (χ1) is 10.2. The van der Waals surface area contributed by atoms with Crippen molar-refractivity contribution >= 4 is 11.3 Å². The van der Waals surface area contributed by atoms with Crippen LogP contribution in [0.2, 0.25) is 0 Å². The van der Waals surface area contributed by atoms with E-state index in [1.807, 2.05) is 11.3 Å². The first kappa shape index (κ1) is 15.4. The van der Waals surface area contributed by atoms with Gasteiger partial charge in [-0.1, -0.05) is 20.3 Å². The van der Waals surface area contributed by atoms with Gasteiger partial charge in [0.05, 0.1) is 17.3 Å². The quantitative estimate of drug-likeness (QED) is 0.864. The second-order valence-electron chi connectivity index (χ2n) is 6.61. The van der Waals surface area contributed by atoms with Gasteiger partial charge in [-0.05, 0) is 45.4 Å². The number of ether oxygens (including phenoxy) is 1. The van der Waals surface area contributed by atoms with Gasteiger partial charge in [0, 0.05) is 17.5 Å². The molecular formula is C17H28N2OS. The molecule has 1 N–H and O–H groups in total. The molecule has 118 valence electrons. The summed E-state index contributed by atoms with van der Waals surface area (Å²) < 4.78 is 6.00. The second kappa shape index (κ2) is 6.35. The lowest BCUT2D eigenvalue weighted by Gasteiger charge is -2.40. The maximum absolute atomic E-state index is 6.00. The lowest BCUT2D eigenvalue weighted by atomic mass is 9.85. The van der Waals surface area contributed by atoms with Crippen molar-refractivity contribution in [2.45, 2.75) is 83.4 Å². The molecule has 2 atom stereocenters. The van der Waals surface area contributed by atoms with Crippen LogP contribution in [0, 0.1) is 6.92 Å². The summed E-state index contributed by atoms with van der Waals surface area (Å²) in [6.07, 6.45) is 8.60. The van der Waals surface area contributed by atoms with Crippen LogP contribution in [0.1, 0.15) is 68.0 Å². The molecule has 1 aromatic rings. The van der Waals surface area contributed by atoms with Crippen molar-refractivity contribution in [2.75, 3.05) is 6.61 Å². The van der Waals surface area contributed by atoms with Gasteiger partial charge >= 0.3 is 0 Å². The summed E-state index contributed by atoms with van der Waals surface area (Å²) in [5, 5.41) is 5.26. The Morgan fingerprint density at radius 2 is 2.19 bits per heavy atom. The number of nitrogens with one attached hydrogen (secondary N) is 1. The minimum Gasteiger partial charge on any atom is -0.378 e. The fourth-order valence-corrected chi connectivity index (χ4v) is 4.62. The van der Waals surface area contributed by atoms with Gasteiger partial charge in [0.25, 0.3) is 0 Å². The van der Waals surface area contributed by atoms with Crippen LogP contribution in [0.3, 0.4) is 0 Å². The minimum absolute atomic E-state index is 0.0715. The van der Waals surface area contributed by atoms with Crippen molar-refractivity contribution in [3.8, 4) is 0 Å². The van der Waals surface area contributed by atoms with E-state index < -0.39 is 0 Å². The highest BCUT2D eigenvalue weighted by atomic mass is 32.1. The molecule has 0 radical (unpaired) electrons. The third-order valence-electron chi connectivity index (χ3n) is 4.76. The summed E-state index contributed by atoms with van der Waals surface area (Å²) in [5.74, 6) is 0. The maximum Gasteiger partial charge on any atom is 0.113 e. The molecule has 0 spiro atoms. The molecule has 0 bridgehead atoms. The third-order valence-corrected chi connectivity index (χ3v) is 5.98. The molecule has 1 aliphatic carbocycles. The van der Waals surface area contributed by atoms with Crippen molar-refractivity contribution in [1.82, 2.24) is 10.3 Å². The van der Waals surface area contributed by atoms with Crippen LogP contribution in [0.5, 0.6) is 0 Å². The van der Waals surface area contributed by atoms with Gasteiger partial charge in [0.15, 0.2) is 0 Å². The van der Waals surface area contributed by atoms with Gasteiger partial charge in [-0.3, -0.25) is 0 Å². The highest BCUT2D eigenvalue weighted by Crippen LogP contribution is 2.41. The second-order valence-corrected chi connectivity index (χ2v) is 7.81. The van der Waals surface area contributed by atoms with Crippen LogP contribution in [-0.4, -0.2) is 23.7 Å². The Labute approximate surface area is 132 Å². The van der Waals surface area contributed by atoms with Gasteiger partial charge < -0.3 is 10.1 Å². The van der Waals surface area contributed by atoms with E-state index in [2.05, 4.69) is 26.1 Å². The normalized spacial score (nSPS) is 29.8. The maximum atomic E-state index is 6.00. The van der Waals surface area contributed by atoms with E-state index in [-0.39, 0.29) is 5.54 Å². The summed E-state index contributed by atoms with van der Waals surface area (Å²) in [5.41, 5.74) is 1.35. The zero-order valence-electron chi connectivity index (χ0n) is 13.6. The average molecular weight is 308 g/mol. The average Bonchev–Trinajstić information content (AvgIpc) is 3.19. The van der Waals surface area contributed by atoms with Gasteiger partial charge in [0.2, 0.25) is 0 Å². The monoisotopic (exact) mass is 308 g/mol. The first-order valence-electron chi connectivity index (χ1n) is 8.53. The Balaban J connectivity index is 1.87. The number of hydrogen-bond acceptors (Lipinski definition) is 4. The molecule has 2 unspecified atom stereocenters. The SMILES string of the molecule is CCCC1CC(NC2CC2)(c2nc(CC)c(C)s2)CCO1. The molecule has 1 aromatic heterocycles. The highest BCUT2D eigenvalue weighted by molar-refractivity contribution is 7.11. The van der Waals surface area contributed by atoms with E-state index in [1.54, 1.807) is 0 Å². The van der Waals surface area contributed by atoms with Crippen molar-refractivity contribution < 1.29 is 4.74 Å². The Kier molecular flexibility index (Phi) is 4.67. The zero-order valence-corrected chi connectivity index (χ0v) is 14.4. The Morgan fingerprint density at radius 3 is 2.81 bits per heavy atom. The smallest absolute Gasteiger partial charge is 0.113 e. The fourth-order valence-electron chi connectivity index (χ4n) is 3.42. The molecule has 2 fully saturated rings. The Hall–Kier alpha value is -0.450. The molecule has 0 aromatic carbocycles. The molecule has 21 heavy (non-hydrogen) atoms. The highest BCUT2D eigenvalue weighted by Gasteiger charge is 2.44. The van der Waals surface area contributed by atoms with Crippen LogP contribution in [0.25, 0.3) is 0 Å². The van der Waals surface area contributed by atoms with Crippen molar-refractivity contribution in [3.63, 3.8) is 0 Å². The molecule has 2 aliphatic rings. The molecule has 3 nitrogen and oxygen atoms in total. The number of aryl methyl sites for hydroxylation is 2. The summed E-state index contributed by atoms with van der Waals surface area (Å²) in [6, 6.07) is 0.708. The predicted octanol–water partition coefficient (Wildman–Crippen LogP) is 3.94. The largest absolute Gasteiger partial charge is 0.378 e. The van der Waals surface area contributed by atoms with E-state index >= 15 is 0 Å². The van der Waals surface area contributed by atoms with E-state index in [9.17, 15) is 0 Å². The molecular weight excluding hydrogens is 280 g/mol. The van der Waals surface area contributed by atoms with E-state index in [0.717, 1.165) is 25.9 Å². The van der Waals surface area contributed by atoms with Crippen LogP contribution in [0.4, 0.5) is 0 Å². The summed E-state index contributed by atoms with van der Waals surface area (Å²) in [6.45, 7) is 7.53. The van der Waals surface area contributed by atoms with Crippen molar-refractivity contribution in [1.29, 1.82) is 0 Å².